The summed E-state index contributed by atoms with van der Waals surface area (Å²) in [5.74, 6) is 0. The molecule has 1 aliphatic heterocycles. The van der Waals surface area contributed by atoms with Gasteiger partial charge in [0.05, 0.1) is 6.10 Å². The normalized spacial score (nSPS) is 24.9. The van der Waals surface area contributed by atoms with Crippen molar-refractivity contribution in [1.82, 2.24) is 5.32 Å². The first kappa shape index (κ1) is 12.8. The predicted molar refractivity (Wildman–Crippen MR) is 64.8 cm³/mol. The Kier molecular flexibility index (Phi) is 4.87. The number of hydrogen-bond acceptors (Lipinski definition) is 2. The van der Waals surface area contributed by atoms with E-state index in [1.807, 2.05) is 24.3 Å². The highest BCUT2D eigenvalue weighted by Crippen LogP contribution is 2.15. The van der Waals surface area contributed by atoms with Crippen LogP contribution in [0.2, 0.25) is 5.02 Å². The average Bonchev–Trinajstić information content (AvgIpc) is 2.56. The fourth-order valence-corrected chi connectivity index (χ4v) is 1.98. The van der Waals surface area contributed by atoms with E-state index >= 15 is 0 Å². The van der Waals surface area contributed by atoms with Crippen LogP contribution in [0.5, 0.6) is 0 Å². The second-order valence-electron chi connectivity index (χ2n) is 3.83. The molecule has 15 heavy (non-hydrogen) atoms. The van der Waals surface area contributed by atoms with Gasteiger partial charge in [0.15, 0.2) is 0 Å². The van der Waals surface area contributed by atoms with Crippen molar-refractivity contribution in [3.05, 3.63) is 34.9 Å². The highest BCUT2D eigenvalue weighted by atomic mass is 35.5. The zero-order valence-corrected chi connectivity index (χ0v) is 9.89. The monoisotopic (exact) mass is 247 g/mol. The number of halogens is 2. The lowest BCUT2D eigenvalue weighted by atomic mass is 10.0. The van der Waals surface area contributed by atoms with Crippen LogP contribution in [0.25, 0.3) is 0 Å². The zero-order chi connectivity index (χ0) is 9.97. The molecule has 0 aromatic heterocycles. The van der Waals surface area contributed by atoms with Gasteiger partial charge in [-0.05, 0) is 30.5 Å². The molecule has 84 valence electrons. The molecule has 1 aromatic rings. The van der Waals surface area contributed by atoms with Crippen LogP contribution in [-0.2, 0) is 6.42 Å². The summed E-state index contributed by atoms with van der Waals surface area (Å²) in [6.45, 7) is 0.720. The maximum atomic E-state index is 9.34. The van der Waals surface area contributed by atoms with Gasteiger partial charge in [0.1, 0.15) is 0 Å². The van der Waals surface area contributed by atoms with Crippen LogP contribution in [0.3, 0.4) is 0 Å². The van der Waals surface area contributed by atoms with Gasteiger partial charge in [-0.2, -0.15) is 0 Å². The number of nitrogens with one attached hydrogen (secondary N) is 1. The van der Waals surface area contributed by atoms with E-state index in [-0.39, 0.29) is 18.5 Å². The Bertz CT molecular complexity index is 302. The fourth-order valence-electron chi connectivity index (χ4n) is 1.86. The number of benzene rings is 1. The molecule has 1 heterocycles. The van der Waals surface area contributed by atoms with Crippen LogP contribution >= 0.6 is 24.0 Å². The molecule has 0 bridgehead atoms. The number of aliphatic hydroxyl groups is 1. The maximum absolute atomic E-state index is 9.34. The second-order valence-corrected chi connectivity index (χ2v) is 4.26. The van der Waals surface area contributed by atoms with E-state index < -0.39 is 0 Å². The molecule has 4 heteroatoms. The van der Waals surface area contributed by atoms with Gasteiger partial charge in [-0.1, -0.05) is 23.7 Å². The lowest BCUT2D eigenvalue weighted by Crippen LogP contribution is -2.23. The van der Waals surface area contributed by atoms with Crippen molar-refractivity contribution in [2.75, 3.05) is 6.54 Å². The van der Waals surface area contributed by atoms with E-state index in [2.05, 4.69) is 5.32 Å². The summed E-state index contributed by atoms with van der Waals surface area (Å²) in [4.78, 5) is 0. The lowest BCUT2D eigenvalue weighted by Gasteiger charge is -2.09. The minimum absolute atomic E-state index is 0. The van der Waals surface area contributed by atoms with Gasteiger partial charge >= 0.3 is 0 Å². The van der Waals surface area contributed by atoms with E-state index in [0.29, 0.717) is 6.04 Å². The van der Waals surface area contributed by atoms with Crippen LogP contribution in [0, 0.1) is 0 Å². The molecule has 1 aromatic carbocycles. The first-order chi connectivity index (χ1) is 6.74. The molecule has 0 aliphatic carbocycles. The molecule has 0 unspecified atom stereocenters. The Hall–Kier alpha value is -0.280. The standard InChI is InChI=1S/C11H14ClNO.ClH/c12-9-3-1-8(2-4-9)5-10-6-11(14)7-13-10;/h1-4,10-11,13-14H,5-7H2;1H/t10-,11-;/m0./s1. The first-order valence-electron chi connectivity index (χ1n) is 4.90. The van der Waals surface area contributed by atoms with Gasteiger partial charge in [0.2, 0.25) is 0 Å². The molecule has 2 atom stereocenters. The molecular formula is C11H15Cl2NO. The molecule has 1 aliphatic rings. The van der Waals surface area contributed by atoms with Crippen molar-refractivity contribution in [2.24, 2.45) is 0 Å². The smallest absolute Gasteiger partial charge is 0.0679 e. The molecule has 0 amide bonds. The number of aliphatic hydroxyl groups excluding tert-OH is 1. The van der Waals surface area contributed by atoms with Gasteiger partial charge < -0.3 is 10.4 Å². The minimum atomic E-state index is -0.174. The Labute approximate surface area is 101 Å². The summed E-state index contributed by atoms with van der Waals surface area (Å²) >= 11 is 5.80. The van der Waals surface area contributed by atoms with Crippen LogP contribution in [0.4, 0.5) is 0 Å². The third kappa shape index (κ3) is 3.65. The Morgan fingerprint density at radius 2 is 2.00 bits per heavy atom. The lowest BCUT2D eigenvalue weighted by molar-refractivity contribution is 0.193. The molecule has 2 rings (SSSR count). The topological polar surface area (TPSA) is 32.3 Å². The zero-order valence-electron chi connectivity index (χ0n) is 8.32. The number of rotatable bonds is 2. The Morgan fingerprint density at radius 1 is 1.33 bits per heavy atom. The van der Waals surface area contributed by atoms with Crippen molar-refractivity contribution in [1.29, 1.82) is 0 Å². The molecule has 1 fully saturated rings. The number of hydrogen-bond donors (Lipinski definition) is 2. The number of β-amino-alcohol motifs (C(OH)–C–C–N with tert-alkyl or cyclic N) is 1. The fraction of sp³-hybridized carbons (Fsp3) is 0.455. The van der Waals surface area contributed by atoms with E-state index in [1.165, 1.54) is 5.56 Å². The van der Waals surface area contributed by atoms with Crippen molar-refractivity contribution in [2.45, 2.75) is 25.0 Å². The molecule has 0 spiro atoms. The summed E-state index contributed by atoms with van der Waals surface area (Å²) in [5, 5.41) is 13.4. The summed E-state index contributed by atoms with van der Waals surface area (Å²) in [5.41, 5.74) is 1.26. The van der Waals surface area contributed by atoms with Crippen LogP contribution in [-0.4, -0.2) is 23.8 Å². The van der Waals surface area contributed by atoms with E-state index in [0.717, 1.165) is 24.4 Å². The quantitative estimate of drug-likeness (QED) is 0.839. The molecule has 1 saturated heterocycles. The average molecular weight is 248 g/mol. The van der Waals surface area contributed by atoms with E-state index in [1.54, 1.807) is 0 Å². The van der Waals surface area contributed by atoms with Crippen molar-refractivity contribution >= 4 is 24.0 Å². The molecular weight excluding hydrogens is 233 g/mol. The molecule has 2 nitrogen and oxygen atoms in total. The van der Waals surface area contributed by atoms with E-state index in [9.17, 15) is 5.11 Å². The van der Waals surface area contributed by atoms with Crippen molar-refractivity contribution in [3.8, 4) is 0 Å². The van der Waals surface area contributed by atoms with Crippen molar-refractivity contribution < 1.29 is 5.11 Å². The van der Waals surface area contributed by atoms with Gasteiger partial charge in [0, 0.05) is 17.6 Å². The summed E-state index contributed by atoms with van der Waals surface area (Å²) in [6.07, 6.45) is 1.64. The molecule has 0 saturated carbocycles. The summed E-state index contributed by atoms with van der Waals surface area (Å²) in [7, 11) is 0. The van der Waals surface area contributed by atoms with Gasteiger partial charge in [0.25, 0.3) is 0 Å². The molecule has 2 N–H and O–H groups in total. The highest BCUT2D eigenvalue weighted by Gasteiger charge is 2.21. The van der Waals surface area contributed by atoms with Gasteiger partial charge in [-0.3, -0.25) is 0 Å². The van der Waals surface area contributed by atoms with Crippen LogP contribution < -0.4 is 5.32 Å². The predicted octanol–water partition coefficient (Wildman–Crippen LogP) is 2.03. The Morgan fingerprint density at radius 3 is 2.53 bits per heavy atom. The van der Waals surface area contributed by atoms with Gasteiger partial charge in [-0.15, -0.1) is 12.4 Å². The highest BCUT2D eigenvalue weighted by molar-refractivity contribution is 6.30. The molecule has 0 radical (unpaired) electrons. The summed E-state index contributed by atoms with van der Waals surface area (Å²) < 4.78 is 0. The first-order valence-corrected chi connectivity index (χ1v) is 5.28. The third-order valence-corrected chi connectivity index (χ3v) is 2.85. The van der Waals surface area contributed by atoms with Crippen molar-refractivity contribution in [3.63, 3.8) is 0 Å². The Balaban J connectivity index is 0.00000112. The third-order valence-electron chi connectivity index (χ3n) is 2.59. The van der Waals surface area contributed by atoms with Crippen LogP contribution in [0.15, 0.2) is 24.3 Å². The largest absolute Gasteiger partial charge is 0.392 e. The minimum Gasteiger partial charge on any atom is -0.392 e. The van der Waals surface area contributed by atoms with E-state index in [4.69, 9.17) is 11.6 Å². The maximum Gasteiger partial charge on any atom is 0.0679 e. The SMILES string of the molecule is Cl.O[C@@H]1CN[C@@H](Cc2ccc(Cl)cc2)C1. The van der Waals surface area contributed by atoms with Gasteiger partial charge in [-0.25, -0.2) is 0 Å². The summed E-state index contributed by atoms with van der Waals surface area (Å²) in [6, 6.07) is 8.29. The van der Waals surface area contributed by atoms with Crippen LogP contribution in [0.1, 0.15) is 12.0 Å². The second kappa shape index (κ2) is 5.71.